The van der Waals surface area contributed by atoms with Gasteiger partial charge < -0.3 is 5.32 Å². The van der Waals surface area contributed by atoms with Gasteiger partial charge in [0.2, 0.25) is 0 Å². The third-order valence-electron chi connectivity index (χ3n) is 0.724. The molecule has 0 aromatic heterocycles. The summed E-state index contributed by atoms with van der Waals surface area (Å²) >= 11 is 0. The summed E-state index contributed by atoms with van der Waals surface area (Å²) in [5.74, 6) is 0. The van der Waals surface area contributed by atoms with E-state index in [1.165, 1.54) is 0 Å². The Labute approximate surface area is 45.4 Å². The molecule has 0 saturated heterocycles. The molecule has 0 atom stereocenters. The van der Waals surface area contributed by atoms with Gasteiger partial charge in [0, 0.05) is 6.54 Å². The zero-order chi connectivity index (χ0) is 5.54. The highest BCUT2D eigenvalue weighted by molar-refractivity contribution is 4.81. The first-order valence-electron chi connectivity index (χ1n) is 2.71. The topological polar surface area (TPSA) is 12.0 Å². The zero-order valence-electron chi connectivity index (χ0n) is 5.07. The average Bonchev–Trinajstić information content (AvgIpc) is 1.69. The summed E-state index contributed by atoms with van der Waals surface area (Å²) in [4.78, 5) is 0. The molecule has 0 aromatic rings. The molecule has 42 valence electrons. The third kappa shape index (κ3) is 5.70. The lowest BCUT2D eigenvalue weighted by molar-refractivity contribution is 0.915. The van der Waals surface area contributed by atoms with E-state index >= 15 is 0 Å². The Balaban J connectivity index is 2.78. The minimum atomic E-state index is 0.994. The van der Waals surface area contributed by atoms with Gasteiger partial charge in [-0.15, -0.1) is 0 Å². The molecule has 0 rings (SSSR count). The van der Waals surface area contributed by atoms with Crippen LogP contribution < -0.4 is 5.32 Å². The number of allylic oxidation sites excluding steroid dienone is 1. The van der Waals surface area contributed by atoms with E-state index in [9.17, 15) is 0 Å². The van der Waals surface area contributed by atoms with Crippen LogP contribution in [0.3, 0.4) is 0 Å². The summed E-state index contributed by atoms with van der Waals surface area (Å²) < 4.78 is 0. The van der Waals surface area contributed by atoms with E-state index in [-0.39, 0.29) is 0 Å². The van der Waals surface area contributed by atoms with Gasteiger partial charge in [-0.2, -0.15) is 0 Å². The Morgan fingerprint density at radius 3 is 2.57 bits per heavy atom. The summed E-state index contributed by atoms with van der Waals surface area (Å²) in [6.45, 7) is 3.12. The maximum atomic E-state index is 3.02. The normalized spacial score (nSPS) is 10.6. The number of hydrogen-bond donors (Lipinski definition) is 1. The fourth-order valence-electron chi connectivity index (χ4n) is 0.368. The molecule has 0 aliphatic rings. The smallest absolute Gasteiger partial charge is 0.0131 e. The zero-order valence-corrected chi connectivity index (χ0v) is 5.07. The predicted octanol–water partition coefficient (Wildman–Crippen LogP) is 1.17. The van der Waals surface area contributed by atoms with Gasteiger partial charge >= 0.3 is 0 Å². The van der Waals surface area contributed by atoms with Crippen LogP contribution in [-0.4, -0.2) is 13.6 Å². The summed E-state index contributed by atoms with van der Waals surface area (Å²) in [5.41, 5.74) is 0. The van der Waals surface area contributed by atoms with Gasteiger partial charge in [-0.25, -0.2) is 0 Å². The quantitative estimate of drug-likeness (QED) is 0.524. The van der Waals surface area contributed by atoms with Crippen molar-refractivity contribution in [1.82, 2.24) is 5.32 Å². The third-order valence-corrected chi connectivity index (χ3v) is 0.724. The summed E-state index contributed by atoms with van der Waals surface area (Å²) in [7, 11) is 1.94. The van der Waals surface area contributed by atoms with E-state index in [0.717, 1.165) is 13.0 Å². The molecule has 0 bridgehead atoms. The summed E-state index contributed by atoms with van der Waals surface area (Å²) in [6.07, 6.45) is 5.41. The van der Waals surface area contributed by atoms with E-state index in [1.807, 2.05) is 7.05 Å². The second kappa shape index (κ2) is 5.70. The van der Waals surface area contributed by atoms with Crippen LogP contribution in [0.2, 0.25) is 0 Å². The van der Waals surface area contributed by atoms with E-state index in [1.54, 1.807) is 0 Å². The van der Waals surface area contributed by atoms with E-state index < -0.39 is 0 Å². The molecule has 0 aliphatic carbocycles. The fraction of sp³-hybridized carbons (Fsp3) is 0.667. The van der Waals surface area contributed by atoms with Crippen molar-refractivity contribution in [2.75, 3.05) is 13.6 Å². The van der Waals surface area contributed by atoms with Gasteiger partial charge in [0.1, 0.15) is 0 Å². The molecule has 1 heteroatoms. The lowest BCUT2D eigenvalue weighted by atomic mass is 10.4. The Morgan fingerprint density at radius 1 is 1.43 bits per heavy atom. The van der Waals surface area contributed by atoms with Crippen molar-refractivity contribution in [3.05, 3.63) is 12.2 Å². The first-order chi connectivity index (χ1) is 3.41. The fourth-order valence-corrected chi connectivity index (χ4v) is 0.368. The van der Waals surface area contributed by atoms with Crippen molar-refractivity contribution in [1.29, 1.82) is 0 Å². The highest BCUT2D eigenvalue weighted by Crippen LogP contribution is 1.75. The highest BCUT2D eigenvalue weighted by atomic mass is 14.8. The number of rotatable bonds is 3. The van der Waals surface area contributed by atoms with Crippen molar-refractivity contribution in [3.8, 4) is 0 Å². The maximum absolute atomic E-state index is 3.02. The molecule has 0 heterocycles. The van der Waals surface area contributed by atoms with Crippen molar-refractivity contribution >= 4 is 0 Å². The second-order valence-corrected chi connectivity index (χ2v) is 1.44. The first-order valence-corrected chi connectivity index (χ1v) is 2.71. The molecule has 0 aromatic carbocycles. The van der Waals surface area contributed by atoms with Crippen molar-refractivity contribution in [2.24, 2.45) is 0 Å². The van der Waals surface area contributed by atoms with Crippen LogP contribution in [0.5, 0.6) is 0 Å². The number of likely N-dealkylation sites (N-methyl/N-ethyl adjacent to an activating group) is 1. The number of hydrogen-bond acceptors (Lipinski definition) is 1. The predicted molar refractivity (Wildman–Crippen MR) is 33.4 cm³/mol. The average molecular weight is 99.2 g/mol. The molecule has 0 saturated carbocycles. The van der Waals surface area contributed by atoms with Crippen LogP contribution >= 0.6 is 0 Å². The second-order valence-electron chi connectivity index (χ2n) is 1.44. The number of nitrogens with one attached hydrogen (secondary N) is 1. The molecule has 0 amide bonds. The molecular weight excluding hydrogens is 86.1 g/mol. The van der Waals surface area contributed by atoms with Crippen LogP contribution in [0, 0.1) is 0 Å². The monoisotopic (exact) mass is 99.1 g/mol. The Bertz CT molecular complexity index is 48.1. The van der Waals surface area contributed by atoms with Gasteiger partial charge in [-0.05, 0) is 13.5 Å². The largest absolute Gasteiger partial charge is 0.316 e. The van der Waals surface area contributed by atoms with Crippen molar-refractivity contribution in [3.63, 3.8) is 0 Å². The molecule has 0 aliphatic heterocycles. The molecule has 7 heavy (non-hydrogen) atoms. The lowest BCUT2D eigenvalue weighted by Gasteiger charge is -1.83. The van der Waals surface area contributed by atoms with E-state index in [4.69, 9.17) is 0 Å². The Kier molecular flexibility index (Phi) is 5.46. The maximum Gasteiger partial charge on any atom is 0.0131 e. The van der Waals surface area contributed by atoms with Gasteiger partial charge in [0.25, 0.3) is 0 Å². The van der Waals surface area contributed by atoms with Crippen molar-refractivity contribution in [2.45, 2.75) is 13.3 Å². The summed E-state index contributed by atoms with van der Waals surface area (Å²) in [5, 5.41) is 3.02. The Hall–Kier alpha value is -0.300. The molecule has 1 nitrogen and oxygen atoms in total. The van der Waals surface area contributed by atoms with Gasteiger partial charge in [0.15, 0.2) is 0 Å². The van der Waals surface area contributed by atoms with Crippen LogP contribution in [0.4, 0.5) is 0 Å². The molecule has 1 N–H and O–H groups in total. The van der Waals surface area contributed by atoms with Crippen molar-refractivity contribution < 1.29 is 0 Å². The molecule has 0 fully saturated rings. The Morgan fingerprint density at radius 2 is 2.14 bits per heavy atom. The highest BCUT2D eigenvalue weighted by Gasteiger charge is 1.65. The van der Waals surface area contributed by atoms with Crippen LogP contribution in [0.25, 0.3) is 0 Å². The van der Waals surface area contributed by atoms with Gasteiger partial charge in [0.05, 0.1) is 0 Å². The van der Waals surface area contributed by atoms with Gasteiger partial charge in [-0.3, -0.25) is 0 Å². The molecular formula is C6H13N. The van der Waals surface area contributed by atoms with E-state index in [2.05, 4.69) is 24.4 Å². The van der Waals surface area contributed by atoms with Crippen LogP contribution in [0.15, 0.2) is 12.2 Å². The standard InChI is InChI=1S/C6H13N/c1-3-4-5-6-7-2/h4-5,7H,3,6H2,1-2H3/b5-4-. The SMILES string of the molecule is CC/C=C\CNC. The van der Waals surface area contributed by atoms with Crippen LogP contribution in [-0.2, 0) is 0 Å². The summed E-state index contributed by atoms with van der Waals surface area (Å²) in [6, 6.07) is 0. The van der Waals surface area contributed by atoms with Gasteiger partial charge in [-0.1, -0.05) is 19.1 Å². The molecule has 0 radical (unpaired) electrons. The van der Waals surface area contributed by atoms with E-state index in [0.29, 0.717) is 0 Å². The van der Waals surface area contributed by atoms with Crippen LogP contribution in [0.1, 0.15) is 13.3 Å². The first kappa shape index (κ1) is 6.70. The lowest BCUT2D eigenvalue weighted by Crippen LogP contribution is -2.03. The molecule has 0 unspecified atom stereocenters. The minimum Gasteiger partial charge on any atom is -0.316 e. The molecule has 0 spiro atoms. The minimum absolute atomic E-state index is 0.994.